The summed E-state index contributed by atoms with van der Waals surface area (Å²) in [7, 11) is -2.20. The van der Waals surface area contributed by atoms with Gasteiger partial charge >= 0.3 is 12.5 Å². The zero-order valence-corrected chi connectivity index (χ0v) is 26.2. The Kier molecular flexibility index (Phi) is 9.13. The second-order valence-electron chi connectivity index (χ2n) is 11.2. The molecule has 0 spiro atoms. The minimum atomic E-state index is -4.89. The van der Waals surface area contributed by atoms with Crippen molar-refractivity contribution in [2.24, 2.45) is 4.36 Å². The number of benzene rings is 4. The van der Waals surface area contributed by atoms with Crippen molar-refractivity contribution in [1.82, 2.24) is 9.62 Å². The second-order valence-corrected chi connectivity index (χ2v) is 13.3. The van der Waals surface area contributed by atoms with E-state index in [9.17, 15) is 27.3 Å². The quantitative estimate of drug-likeness (QED) is 0.258. The van der Waals surface area contributed by atoms with Crippen LogP contribution in [-0.4, -0.2) is 65.0 Å². The maximum absolute atomic E-state index is 14.3. The molecule has 0 saturated carbocycles. The first-order valence-corrected chi connectivity index (χ1v) is 16.5. The van der Waals surface area contributed by atoms with E-state index in [1.165, 1.54) is 24.1 Å². The number of fused-ring (bicyclic) bond motifs is 2. The summed E-state index contributed by atoms with van der Waals surface area (Å²) in [4.78, 5) is 17.2. The van der Waals surface area contributed by atoms with Gasteiger partial charge in [0, 0.05) is 31.5 Å². The molecular formula is C34H33F3N4O5S. The first-order valence-electron chi connectivity index (χ1n) is 15.0. The van der Waals surface area contributed by atoms with Gasteiger partial charge in [0.25, 0.3) is 0 Å². The summed E-state index contributed by atoms with van der Waals surface area (Å²) in [5.74, 6) is -0.145. The number of para-hydroxylation sites is 3. The Morgan fingerprint density at radius 2 is 1.43 bits per heavy atom. The molecule has 4 atom stereocenters. The number of halogens is 3. The van der Waals surface area contributed by atoms with Gasteiger partial charge in [0.1, 0.15) is 21.4 Å². The zero-order chi connectivity index (χ0) is 33.2. The lowest BCUT2D eigenvalue weighted by Gasteiger charge is -2.47. The number of piperidine rings is 1. The summed E-state index contributed by atoms with van der Waals surface area (Å²) < 4.78 is 69.2. The molecule has 1 fully saturated rings. The average molecular weight is 667 g/mol. The lowest BCUT2D eigenvalue weighted by Crippen LogP contribution is -2.66. The van der Waals surface area contributed by atoms with Crippen molar-refractivity contribution in [2.75, 3.05) is 25.0 Å². The first-order chi connectivity index (χ1) is 22.5. The van der Waals surface area contributed by atoms with Gasteiger partial charge in [0.05, 0.1) is 23.1 Å². The molecule has 1 saturated heterocycles. The molecule has 2 N–H and O–H groups in total. The minimum absolute atomic E-state index is 0.0711. The lowest BCUT2D eigenvalue weighted by molar-refractivity contribution is -0.274. The van der Waals surface area contributed by atoms with Crippen LogP contribution >= 0.6 is 0 Å². The minimum Gasteiger partial charge on any atom is -0.410 e. The molecule has 1 amide bonds. The average Bonchev–Trinajstić information content (AvgIpc) is 3.23. The van der Waals surface area contributed by atoms with Gasteiger partial charge in [0.15, 0.2) is 0 Å². The number of aryl methyl sites for hydroxylation is 2. The summed E-state index contributed by atoms with van der Waals surface area (Å²) in [5.41, 5.74) is 3.88. The molecule has 4 aromatic carbocycles. The van der Waals surface area contributed by atoms with E-state index in [-0.39, 0.29) is 18.0 Å². The number of carbonyl (C=O) groups excluding carboxylic acids is 1. The van der Waals surface area contributed by atoms with E-state index in [1.807, 2.05) is 53.4 Å². The van der Waals surface area contributed by atoms with Crippen LogP contribution in [0.1, 0.15) is 11.1 Å². The van der Waals surface area contributed by atoms with Crippen molar-refractivity contribution in [3.8, 4) is 11.5 Å². The number of nitrogens with one attached hydrogen (secondary N) is 1. The van der Waals surface area contributed by atoms with Crippen LogP contribution in [0, 0.1) is 0 Å². The van der Waals surface area contributed by atoms with Gasteiger partial charge in [-0.3, -0.25) is 0 Å². The lowest BCUT2D eigenvalue weighted by atomic mass is 9.94. The molecule has 6 rings (SSSR count). The second kappa shape index (κ2) is 13.3. The Hall–Kier alpha value is -4.59. The molecule has 47 heavy (non-hydrogen) atoms. The van der Waals surface area contributed by atoms with E-state index in [0.29, 0.717) is 5.75 Å². The maximum atomic E-state index is 14.3. The summed E-state index contributed by atoms with van der Waals surface area (Å²) in [6, 6.07) is 27.2. The highest BCUT2D eigenvalue weighted by atomic mass is 32.2. The number of aliphatic hydroxyl groups is 1. The van der Waals surface area contributed by atoms with Gasteiger partial charge in [-0.05, 0) is 72.5 Å². The molecule has 2 aliphatic heterocycles. The molecule has 9 nitrogen and oxygen atoms in total. The molecule has 4 aromatic rings. The van der Waals surface area contributed by atoms with E-state index in [1.54, 1.807) is 30.3 Å². The first kappa shape index (κ1) is 32.4. The third-order valence-electron chi connectivity index (χ3n) is 8.28. The summed E-state index contributed by atoms with van der Waals surface area (Å²) in [6.07, 6.45) is -5.20. The highest BCUT2D eigenvalue weighted by Gasteiger charge is 2.44. The Bertz CT molecular complexity index is 1800. The topological polar surface area (TPSA) is 104 Å². The Labute approximate surface area is 270 Å². The van der Waals surface area contributed by atoms with Gasteiger partial charge in [-0.2, -0.15) is 0 Å². The number of likely N-dealkylation sites (tertiary alicyclic amines) is 1. The predicted octanol–water partition coefficient (Wildman–Crippen LogP) is 6.10. The molecule has 246 valence electrons. The molecule has 13 heteroatoms. The van der Waals surface area contributed by atoms with Crippen LogP contribution in [0.5, 0.6) is 11.5 Å². The molecule has 0 radical (unpaired) electrons. The number of aliphatic hydroxyl groups excluding tert-OH is 1. The number of carbonyl (C=O) groups is 1. The smallest absolute Gasteiger partial charge is 0.410 e. The molecule has 0 aromatic heterocycles. The van der Waals surface area contributed by atoms with Crippen molar-refractivity contribution in [1.29, 1.82) is 0 Å². The van der Waals surface area contributed by atoms with E-state index in [0.717, 1.165) is 47.5 Å². The van der Waals surface area contributed by atoms with Crippen LogP contribution in [0.15, 0.2) is 112 Å². The van der Waals surface area contributed by atoms with Crippen molar-refractivity contribution in [2.45, 2.75) is 42.3 Å². The predicted molar refractivity (Wildman–Crippen MR) is 171 cm³/mol. The standard InChI is InChI=1S/C34H33F3N4O5S/c1-38-47(44,27-19-17-26(18-20-27)46-34(35,36)37)39-28-21-40(33(43)45-25-11-3-2-4-12-25)22-31(32(28)42)41-29-13-7-5-9-23(29)15-16-24-10-6-8-14-30(24)41/h2-14,17-20,28,31-32,42H,15-16,21-22H2,1H3,(H,38,39,44). The molecule has 2 heterocycles. The third-order valence-corrected chi connectivity index (χ3v) is 10.3. The van der Waals surface area contributed by atoms with Crippen molar-refractivity contribution < 1.29 is 36.8 Å². The summed E-state index contributed by atoms with van der Waals surface area (Å²) in [5, 5.41) is 12.1. The number of amides is 1. The fraction of sp³-hybridized carbons (Fsp3) is 0.265. The Morgan fingerprint density at radius 3 is 2.00 bits per heavy atom. The van der Waals surface area contributed by atoms with Gasteiger partial charge < -0.3 is 24.4 Å². The van der Waals surface area contributed by atoms with Gasteiger partial charge in [0.2, 0.25) is 0 Å². The Morgan fingerprint density at radius 1 is 0.851 bits per heavy atom. The summed E-state index contributed by atoms with van der Waals surface area (Å²) in [6.45, 7) is -0.0239. The van der Waals surface area contributed by atoms with Crippen LogP contribution in [0.2, 0.25) is 0 Å². The fourth-order valence-corrected chi connectivity index (χ4v) is 7.68. The zero-order valence-electron chi connectivity index (χ0n) is 25.3. The highest BCUT2D eigenvalue weighted by Crippen LogP contribution is 2.40. The van der Waals surface area contributed by atoms with Crippen LogP contribution in [0.25, 0.3) is 0 Å². The number of ether oxygens (including phenoxy) is 2. The molecule has 2 aliphatic rings. The van der Waals surface area contributed by atoms with Gasteiger partial charge in [-0.15, -0.1) is 13.2 Å². The van der Waals surface area contributed by atoms with E-state index < -0.39 is 46.3 Å². The molecule has 0 aliphatic carbocycles. The monoisotopic (exact) mass is 666 g/mol. The molecular weight excluding hydrogens is 633 g/mol. The van der Waals surface area contributed by atoms with Crippen molar-refractivity contribution >= 4 is 27.4 Å². The Balaban J connectivity index is 1.38. The van der Waals surface area contributed by atoms with Crippen LogP contribution in [0.4, 0.5) is 29.3 Å². The van der Waals surface area contributed by atoms with Crippen molar-refractivity contribution in [3.05, 3.63) is 114 Å². The normalized spacial score (nSPS) is 20.7. The van der Waals surface area contributed by atoms with E-state index in [4.69, 9.17) is 4.74 Å². The SMILES string of the molecule is CN=S(=O)(NC1CN(C(=O)Oc2ccccc2)CC(N2c3ccccc3CCc3ccccc32)C1O)c1ccc(OC(F)(F)F)cc1. The number of anilines is 2. The van der Waals surface area contributed by atoms with Crippen LogP contribution in [0.3, 0.4) is 0 Å². The summed E-state index contributed by atoms with van der Waals surface area (Å²) >= 11 is 0. The van der Waals surface area contributed by atoms with E-state index in [2.05, 4.69) is 13.8 Å². The van der Waals surface area contributed by atoms with Crippen LogP contribution < -0.4 is 19.1 Å². The molecule has 4 unspecified atom stereocenters. The molecule has 0 bridgehead atoms. The fourth-order valence-electron chi connectivity index (χ4n) is 6.09. The highest BCUT2D eigenvalue weighted by molar-refractivity contribution is 7.91. The van der Waals surface area contributed by atoms with Crippen molar-refractivity contribution in [3.63, 3.8) is 0 Å². The number of alkyl halides is 3. The maximum Gasteiger partial charge on any atom is 0.573 e. The third kappa shape index (κ3) is 7.07. The van der Waals surface area contributed by atoms with Crippen LogP contribution in [-0.2, 0) is 22.8 Å². The van der Waals surface area contributed by atoms with Gasteiger partial charge in [-0.25, -0.2) is 18.1 Å². The van der Waals surface area contributed by atoms with Gasteiger partial charge in [-0.1, -0.05) is 54.6 Å². The number of hydrogen-bond acceptors (Lipinski definition) is 7. The number of nitrogens with zero attached hydrogens (tertiary/aromatic N) is 3. The van der Waals surface area contributed by atoms with E-state index >= 15 is 0 Å². The largest absolute Gasteiger partial charge is 0.573 e. The number of hydrogen-bond donors (Lipinski definition) is 2. The number of rotatable bonds is 6.